The summed E-state index contributed by atoms with van der Waals surface area (Å²) >= 11 is 0. The summed E-state index contributed by atoms with van der Waals surface area (Å²) in [6, 6.07) is 9.93. The minimum Gasteiger partial charge on any atom is -0.457 e. The SMILES string of the molecule is CC(C)(C)OC(=O)NC1CCC(n2nc(-c3ccc(Oc4cccc(F)c4)cc3F)c3c(N)ncnc32)CC1. The lowest BCUT2D eigenvalue weighted by Crippen LogP contribution is -2.41. The quantitative estimate of drug-likeness (QED) is 0.314. The van der Waals surface area contributed by atoms with Gasteiger partial charge < -0.3 is 20.5 Å². The Labute approximate surface area is 224 Å². The number of nitrogen functional groups attached to an aromatic ring is 1. The Kier molecular flexibility index (Phi) is 7.07. The highest BCUT2D eigenvalue weighted by molar-refractivity contribution is 5.98. The van der Waals surface area contributed by atoms with Crippen molar-refractivity contribution in [2.45, 2.75) is 64.1 Å². The summed E-state index contributed by atoms with van der Waals surface area (Å²) in [6.45, 7) is 5.47. The van der Waals surface area contributed by atoms with Crippen molar-refractivity contribution in [1.29, 1.82) is 0 Å². The number of ether oxygens (including phenoxy) is 2. The number of fused-ring (bicyclic) bond motifs is 1. The lowest BCUT2D eigenvalue weighted by atomic mass is 9.91. The predicted molar refractivity (Wildman–Crippen MR) is 142 cm³/mol. The van der Waals surface area contributed by atoms with Gasteiger partial charge in [0.05, 0.1) is 11.4 Å². The van der Waals surface area contributed by atoms with Gasteiger partial charge in [0.1, 0.15) is 46.6 Å². The van der Waals surface area contributed by atoms with Crippen molar-refractivity contribution in [3.05, 3.63) is 60.4 Å². The second-order valence-corrected chi connectivity index (χ2v) is 10.6. The standard InChI is InChI=1S/C28H30F2N6O3/c1-28(2,3)39-27(37)34-17-7-9-18(10-8-17)36-26-23(25(31)32-15-33-26)24(35-36)21-12-11-20(14-22(21)30)38-19-6-4-5-16(29)13-19/h4-6,11-15,17-18H,7-10H2,1-3H3,(H,34,37)(H2,31,32,33). The van der Waals surface area contributed by atoms with Crippen LogP contribution < -0.4 is 15.8 Å². The van der Waals surface area contributed by atoms with E-state index in [0.717, 1.165) is 25.7 Å². The molecule has 5 rings (SSSR count). The number of hydrogen-bond donors (Lipinski definition) is 2. The maximum Gasteiger partial charge on any atom is 0.407 e. The van der Waals surface area contributed by atoms with Gasteiger partial charge in [-0.1, -0.05) is 6.07 Å². The van der Waals surface area contributed by atoms with E-state index in [-0.39, 0.29) is 35.0 Å². The molecule has 3 N–H and O–H groups in total. The van der Waals surface area contributed by atoms with Crippen molar-refractivity contribution in [3.63, 3.8) is 0 Å². The lowest BCUT2D eigenvalue weighted by Gasteiger charge is -2.30. The summed E-state index contributed by atoms with van der Waals surface area (Å²) in [5.41, 5.74) is 6.70. The first-order valence-electron chi connectivity index (χ1n) is 12.8. The van der Waals surface area contributed by atoms with Gasteiger partial charge in [0, 0.05) is 23.7 Å². The Morgan fingerprint density at radius 2 is 1.79 bits per heavy atom. The molecule has 1 amide bonds. The molecule has 11 heteroatoms. The van der Waals surface area contributed by atoms with E-state index in [9.17, 15) is 9.18 Å². The van der Waals surface area contributed by atoms with Crippen LogP contribution in [-0.2, 0) is 4.74 Å². The largest absolute Gasteiger partial charge is 0.457 e. The maximum atomic E-state index is 15.4. The fraction of sp³-hybridized carbons (Fsp3) is 0.357. The minimum absolute atomic E-state index is 0.0137. The Bertz CT molecular complexity index is 1510. The molecule has 0 atom stereocenters. The normalized spacial score (nSPS) is 17.7. The van der Waals surface area contributed by atoms with Gasteiger partial charge in [0.15, 0.2) is 5.65 Å². The number of carbonyl (C=O) groups excluding carboxylic acids is 1. The number of carbonyl (C=O) groups is 1. The van der Waals surface area contributed by atoms with Crippen LogP contribution in [0.5, 0.6) is 11.5 Å². The molecule has 2 aromatic carbocycles. The van der Waals surface area contributed by atoms with Gasteiger partial charge in [-0.25, -0.2) is 28.2 Å². The van der Waals surface area contributed by atoms with Crippen LogP contribution in [0.3, 0.4) is 0 Å². The van der Waals surface area contributed by atoms with Gasteiger partial charge in [-0.3, -0.25) is 0 Å². The molecule has 2 heterocycles. The van der Waals surface area contributed by atoms with Crippen molar-refractivity contribution >= 4 is 22.9 Å². The van der Waals surface area contributed by atoms with Crippen LogP contribution in [0.2, 0.25) is 0 Å². The van der Waals surface area contributed by atoms with Crippen LogP contribution >= 0.6 is 0 Å². The number of anilines is 1. The molecule has 0 unspecified atom stereocenters. The van der Waals surface area contributed by atoms with E-state index in [4.69, 9.17) is 20.3 Å². The highest BCUT2D eigenvalue weighted by Crippen LogP contribution is 2.38. The van der Waals surface area contributed by atoms with Gasteiger partial charge in [-0.2, -0.15) is 5.10 Å². The molecule has 0 spiro atoms. The Morgan fingerprint density at radius 3 is 2.49 bits per heavy atom. The fourth-order valence-corrected chi connectivity index (χ4v) is 4.80. The molecule has 2 aromatic heterocycles. The zero-order valence-electron chi connectivity index (χ0n) is 21.9. The minimum atomic E-state index is -0.580. The van der Waals surface area contributed by atoms with Gasteiger partial charge in [-0.05, 0) is 70.7 Å². The molecule has 1 fully saturated rings. The molecule has 39 heavy (non-hydrogen) atoms. The molecule has 0 bridgehead atoms. The summed E-state index contributed by atoms with van der Waals surface area (Å²) in [7, 11) is 0. The third kappa shape index (κ3) is 5.92. The summed E-state index contributed by atoms with van der Waals surface area (Å²) < 4.78 is 41.6. The van der Waals surface area contributed by atoms with Crippen LogP contribution in [0.25, 0.3) is 22.3 Å². The zero-order valence-corrected chi connectivity index (χ0v) is 21.9. The zero-order chi connectivity index (χ0) is 27.7. The van der Waals surface area contributed by atoms with Crippen molar-refractivity contribution in [1.82, 2.24) is 25.1 Å². The molecule has 1 saturated carbocycles. The second kappa shape index (κ2) is 10.5. The number of benzene rings is 2. The van der Waals surface area contributed by atoms with Crippen molar-refractivity contribution in [3.8, 4) is 22.8 Å². The van der Waals surface area contributed by atoms with Gasteiger partial charge in [-0.15, -0.1) is 0 Å². The van der Waals surface area contributed by atoms with Crippen LogP contribution in [0.4, 0.5) is 19.4 Å². The lowest BCUT2D eigenvalue weighted by molar-refractivity contribution is 0.0487. The topological polar surface area (TPSA) is 117 Å². The third-order valence-corrected chi connectivity index (χ3v) is 6.51. The summed E-state index contributed by atoms with van der Waals surface area (Å²) in [5.74, 6) is -0.367. The number of hydrogen-bond acceptors (Lipinski definition) is 7. The first-order chi connectivity index (χ1) is 18.6. The Morgan fingerprint density at radius 1 is 1.05 bits per heavy atom. The average Bonchev–Trinajstić information content (AvgIpc) is 3.24. The Balaban J connectivity index is 1.38. The first-order valence-corrected chi connectivity index (χ1v) is 12.8. The molecule has 9 nitrogen and oxygen atoms in total. The van der Waals surface area contributed by atoms with E-state index < -0.39 is 23.3 Å². The van der Waals surface area contributed by atoms with Crippen LogP contribution in [0.1, 0.15) is 52.5 Å². The van der Waals surface area contributed by atoms with Crippen molar-refractivity contribution in [2.24, 2.45) is 0 Å². The molecule has 4 aromatic rings. The number of halogens is 2. The molecule has 1 aliphatic carbocycles. The highest BCUT2D eigenvalue weighted by atomic mass is 19.1. The third-order valence-electron chi connectivity index (χ3n) is 6.51. The molecular weight excluding hydrogens is 506 g/mol. The number of amides is 1. The number of nitrogens with two attached hydrogens (primary N) is 1. The van der Waals surface area contributed by atoms with Crippen molar-refractivity contribution in [2.75, 3.05) is 5.73 Å². The maximum absolute atomic E-state index is 15.4. The number of nitrogens with zero attached hydrogens (tertiary/aromatic N) is 4. The van der Waals surface area contributed by atoms with E-state index in [1.807, 2.05) is 20.8 Å². The second-order valence-electron chi connectivity index (χ2n) is 10.6. The number of alkyl carbamates (subject to hydrolysis) is 1. The van der Waals surface area contributed by atoms with E-state index in [1.54, 1.807) is 22.9 Å². The summed E-state index contributed by atoms with van der Waals surface area (Å²) in [4.78, 5) is 20.7. The van der Waals surface area contributed by atoms with Crippen molar-refractivity contribution < 1.29 is 23.0 Å². The van der Waals surface area contributed by atoms with E-state index >= 15 is 4.39 Å². The number of rotatable bonds is 5. The van der Waals surface area contributed by atoms with E-state index in [0.29, 0.717) is 16.7 Å². The molecular formula is C28H30F2N6O3. The molecule has 204 valence electrons. The molecule has 1 aliphatic rings. The highest BCUT2D eigenvalue weighted by Gasteiger charge is 2.29. The van der Waals surface area contributed by atoms with Gasteiger partial charge in [0.2, 0.25) is 0 Å². The van der Waals surface area contributed by atoms with E-state index in [2.05, 4.69) is 15.3 Å². The summed E-state index contributed by atoms with van der Waals surface area (Å²) in [6.07, 6.45) is 3.83. The van der Waals surface area contributed by atoms with Crippen LogP contribution in [0.15, 0.2) is 48.8 Å². The molecule has 0 saturated heterocycles. The van der Waals surface area contributed by atoms with Crippen LogP contribution in [0, 0.1) is 11.6 Å². The Hall–Kier alpha value is -4.28. The molecule has 0 radical (unpaired) electrons. The van der Waals surface area contributed by atoms with Crippen LogP contribution in [-0.4, -0.2) is 37.5 Å². The molecule has 0 aliphatic heterocycles. The smallest absolute Gasteiger partial charge is 0.407 e. The fourth-order valence-electron chi connectivity index (χ4n) is 4.80. The number of aromatic nitrogens is 4. The van der Waals surface area contributed by atoms with E-state index in [1.165, 1.54) is 30.6 Å². The first kappa shape index (κ1) is 26.3. The summed E-state index contributed by atoms with van der Waals surface area (Å²) in [5, 5.41) is 8.16. The van der Waals surface area contributed by atoms with Gasteiger partial charge in [0.25, 0.3) is 0 Å². The monoisotopic (exact) mass is 536 g/mol. The van der Waals surface area contributed by atoms with Gasteiger partial charge >= 0.3 is 6.09 Å². The number of nitrogens with one attached hydrogen (secondary N) is 1. The average molecular weight is 537 g/mol. The predicted octanol–water partition coefficient (Wildman–Crippen LogP) is 6.15.